The van der Waals surface area contributed by atoms with E-state index in [0.717, 1.165) is 12.1 Å². The lowest BCUT2D eigenvalue weighted by Gasteiger charge is -2.20. The molecule has 0 aromatic heterocycles. The smallest absolute Gasteiger partial charge is 0.416 e. The van der Waals surface area contributed by atoms with E-state index >= 15 is 0 Å². The van der Waals surface area contributed by atoms with Crippen molar-refractivity contribution in [2.24, 2.45) is 0 Å². The molecule has 0 unspecified atom stereocenters. The molecule has 0 saturated heterocycles. The van der Waals surface area contributed by atoms with Crippen LogP contribution in [-0.4, -0.2) is 19.1 Å². The highest BCUT2D eigenvalue weighted by molar-refractivity contribution is 9.10. The topological polar surface area (TPSA) is 47.6 Å². The molecular weight excluding hydrogens is 403 g/mol. The summed E-state index contributed by atoms with van der Waals surface area (Å²) in [6.45, 7) is 0.854. The van der Waals surface area contributed by atoms with Crippen molar-refractivity contribution in [2.75, 3.05) is 18.5 Å². The standard InChI is InChI=1S/C17H13BrF3NO3/c18-12-8-14-15(25-5-4-24-14)9-13(12)22-16(23)7-10-2-1-3-11(6-10)17(19,20)21/h1-3,6,8-9H,4-5,7H2,(H,22,23). The lowest BCUT2D eigenvalue weighted by atomic mass is 10.1. The van der Waals surface area contributed by atoms with Gasteiger partial charge < -0.3 is 14.8 Å². The Morgan fingerprint density at radius 1 is 1.12 bits per heavy atom. The Kier molecular flexibility index (Phi) is 4.89. The van der Waals surface area contributed by atoms with Crippen molar-refractivity contribution in [2.45, 2.75) is 12.6 Å². The number of amides is 1. The van der Waals surface area contributed by atoms with E-state index in [4.69, 9.17) is 9.47 Å². The molecule has 25 heavy (non-hydrogen) atoms. The molecule has 0 radical (unpaired) electrons. The molecular formula is C17H13BrF3NO3. The van der Waals surface area contributed by atoms with Gasteiger partial charge in [-0.3, -0.25) is 4.79 Å². The van der Waals surface area contributed by atoms with Gasteiger partial charge in [-0.05, 0) is 27.6 Å². The van der Waals surface area contributed by atoms with Crippen LogP contribution in [0.5, 0.6) is 11.5 Å². The highest BCUT2D eigenvalue weighted by atomic mass is 79.9. The number of hydrogen-bond donors (Lipinski definition) is 1. The molecule has 8 heteroatoms. The Morgan fingerprint density at radius 2 is 1.80 bits per heavy atom. The average Bonchev–Trinajstić information content (AvgIpc) is 2.55. The van der Waals surface area contributed by atoms with Gasteiger partial charge in [-0.1, -0.05) is 18.2 Å². The number of anilines is 1. The molecule has 0 spiro atoms. The van der Waals surface area contributed by atoms with Gasteiger partial charge in [0, 0.05) is 16.6 Å². The van der Waals surface area contributed by atoms with E-state index in [1.54, 1.807) is 12.1 Å². The quantitative estimate of drug-likeness (QED) is 0.806. The van der Waals surface area contributed by atoms with Gasteiger partial charge in [0.1, 0.15) is 13.2 Å². The average molecular weight is 416 g/mol. The number of benzene rings is 2. The zero-order chi connectivity index (χ0) is 18.0. The largest absolute Gasteiger partial charge is 0.486 e. The van der Waals surface area contributed by atoms with Gasteiger partial charge in [0.05, 0.1) is 17.7 Å². The molecule has 1 heterocycles. The van der Waals surface area contributed by atoms with Crippen LogP contribution in [0.15, 0.2) is 40.9 Å². The van der Waals surface area contributed by atoms with Crippen molar-refractivity contribution < 1.29 is 27.4 Å². The molecule has 1 amide bonds. The van der Waals surface area contributed by atoms with Gasteiger partial charge in [-0.2, -0.15) is 13.2 Å². The fraction of sp³-hybridized carbons (Fsp3) is 0.235. The van der Waals surface area contributed by atoms with E-state index in [1.165, 1.54) is 12.1 Å². The Bertz CT molecular complexity index is 808. The first kappa shape index (κ1) is 17.6. The van der Waals surface area contributed by atoms with E-state index in [-0.39, 0.29) is 12.0 Å². The summed E-state index contributed by atoms with van der Waals surface area (Å²) in [4.78, 5) is 12.2. The number of halogens is 4. The molecule has 132 valence electrons. The first-order valence-corrected chi connectivity index (χ1v) is 8.17. The van der Waals surface area contributed by atoms with Crippen LogP contribution in [0.4, 0.5) is 18.9 Å². The highest BCUT2D eigenvalue weighted by Crippen LogP contribution is 2.38. The van der Waals surface area contributed by atoms with Crippen LogP contribution in [0.25, 0.3) is 0 Å². The van der Waals surface area contributed by atoms with Crippen LogP contribution in [-0.2, 0) is 17.4 Å². The number of nitrogens with one attached hydrogen (secondary N) is 1. The zero-order valence-electron chi connectivity index (χ0n) is 12.8. The van der Waals surface area contributed by atoms with Gasteiger partial charge in [-0.15, -0.1) is 0 Å². The number of rotatable bonds is 3. The lowest BCUT2D eigenvalue weighted by molar-refractivity contribution is -0.137. The van der Waals surface area contributed by atoms with Gasteiger partial charge in [-0.25, -0.2) is 0 Å². The Labute approximate surface area is 150 Å². The van der Waals surface area contributed by atoms with E-state index in [0.29, 0.717) is 34.9 Å². The van der Waals surface area contributed by atoms with Crippen molar-refractivity contribution in [3.63, 3.8) is 0 Å². The second-order valence-electron chi connectivity index (χ2n) is 5.40. The molecule has 0 saturated carbocycles. The molecule has 4 nitrogen and oxygen atoms in total. The molecule has 0 fully saturated rings. The second kappa shape index (κ2) is 6.95. The third kappa shape index (κ3) is 4.25. The summed E-state index contributed by atoms with van der Waals surface area (Å²) in [5.74, 6) is 0.634. The summed E-state index contributed by atoms with van der Waals surface area (Å²) >= 11 is 3.33. The van der Waals surface area contributed by atoms with Crippen LogP contribution in [0.3, 0.4) is 0 Å². The second-order valence-corrected chi connectivity index (χ2v) is 6.25. The van der Waals surface area contributed by atoms with Gasteiger partial charge >= 0.3 is 6.18 Å². The molecule has 1 aliphatic heterocycles. The van der Waals surface area contributed by atoms with Gasteiger partial charge in [0.2, 0.25) is 5.91 Å². The number of ether oxygens (including phenoxy) is 2. The molecule has 0 bridgehead atoms. The molecule has 2 aromatic rings. The number of fused-ring (bicyclic) bond motifs is 1. The normalized spacial score (nSPS) is 13.4. The number of carbonyl (C=O) groups excluding carboxylic acids is 1. The molecule has 3 rings (SSSR count). The summed E-state index contributed by atoms with van der Waals surface area (Å²) in [6.07, 6.45) is -4.61. The van der Waals surface area contributed by atoms with Crippen molar-refractivity contribution in [3.8, 4) is 11.5 Å². The highest BCUT2D eigenvalue weighted by Gasteiger charge is 2.30. The zero-order valence-corrected chi connectivity index (χ0v) is 14.4. The summed E-state index contributed by atoms with van der Waals surface area (Å²) < 4.78 is 49.7. The van der Waals surface area contributed by atoms with Crippen molar-refractivity contribution in [1.29, 1.82) is 0 Å². The van der Waals surface area contributed by atoms with Crippen LogP contribution in [0, 0.1) is 0 Å². The van der Waals surface area contributed by atoms with Crippen molar-refractivity contribution in [1.82, 2.24) is 0 Å². The maximum absolute atomic E-state index is 12.7. The van der Waals surface area contributed by atoms with E-state index < -0.39 is 17.6 Å². The third-order valence-electron chi connectivity index (χ3n) is 3.52. The molecule has 0 aliphatic carbocycles. The van der Waals surface area contributed by atoms with E-state index in [9.17, 15) is 18.0 Å². The summed E-state index contributed by atoms with van der Waals surface area (Å²) in [5, 5.41) is 2.66. The first-order valence-electron chi connectivity index (χ1n) is 7.38. The fourth-order valence-corrected chi connectivity index (χ4v) is 2.82. The van der Waals surface area contributed by atoms with Gasteiger partial charge in [0.25, 0.3) is 0 Å². The maximum Gasteiger partial charge on any atom is 0.416 e. The Hall–Kier alpha value is -2.22. The lowest BCUT2D eigenvalue weighted by Crippen LogP contribution is -2.18. The molecule has 2 aromatic carbocycles. The predicted octanol–water partition coefficient (Wildman–Crippen LogP) is 4.42. The molecule has 1 N–H and O–H groups in total. The first-order chi connectivity index (χ1) is 11.8. The minimum atomic E-state index is -4.44. The van der Waals surface area contributed by atoms with E-state index in [1.807, 2.05) is 0 Å². The third-order valence-corrected chi connectivity index (χ3v) is 4.18. The van der Waals surface area contributed by atoms with Crippen molar-refractivity contribution >= 4 is 27.5 Å². The minimum Gasteiger partial charge on any atom is -0.486 e. The van der Waals surface area contributed by atoms with E-state index in [2.05, 4.69) is 21.2 Å². The Morgan fingerprint density at radius 3 is 2.48 bits per heavy atom. The van der Waals surface area contributed by atoms with Crippen LogP contribution in [0.1, 0.15) is 11.1 Å². The van der Waals surface area contributed by atoms with Crippen LogP contribution >= 0.6 is 15.9 Å². The van der Waals surface area contributed by atoms with Gasteiger partial charge in [0.15, 0.2) is 11.5 Å². The van der Waals surface area contributed by atoms with Crippen LogP contribution in [0.2, 0.25) is 0 Å². The summed E-state index contributed by atoms with van der Waals surface area (Å²) in [6, 6.07) is 7.99. The summed E-state index contributed by atoms with van der Waals surface area (Å²) in [5.41, 5.74) is -0.0412. The monoisotopic (exact) mass is 415 g/mol. The van der Waals surface area contributed by atoms with Crippen LogP contribution < -0.4 is 14.8 Å². The Balaban J connectivity index is 1.73. The number of hydrogen-bond acceptors (Lipinski definition) is 3. The van der Waals surface area contributed by atoms with Crippen molar-refractivity contribution in [3.05, 3.63) is 52.0 Å². The summed E-state index contributed by atoms with van der Waals surface area (Å²) in [7, 11) is 0. The number of carbonyl (C=O) groups is 1. The SMILES string of the molecule is O=C(Cc1cccc(C(F)(F)F)c1)Nc1cc2c(cc1Br)OCCO2. The minimum absolute atomic E-state index is 0.176. The number of alkyl halides is 3. The fourth-order valence-electron chi connectivity index (χ4n) is 2.40. The maximum atomic E-state index is 12.7. The predicted molar refractivity (Wildman–Crippen MR) is 88.9 cm³/mol. The molecule has 0 atom stereocenters. The molecule has 1 aliphatic rings.